The summed E-state index contributed by atoms with van der Waals surface area (Å²) in [6.07, 6.45) is 0. The summed E-state index contributed by atoms with van der Waals surface area (Å²) in [4.78, 5) is 4.46. The number of pyridine rings is 1. The Kier molecular flexibility index (Phi) is 4.81. The van der Waals surface area contributed by atoms with E-state index < -0.39 is 0 Å². The molecule has 0 fully saturated rings. The van der Waals surface area contributed by atoms with E-state index in [0.29, 0.717) is 16.7 Å². The summed E-state index contributed by atoms with van der Waals surface area (Å²) in [6, 6.07) is 3.70. The third kappa shape index (κ3) is 3.63. The molecule has 5 heteroatoms. The molecule has 0 radical (unpaired) electrons. The predicted octanol–water partition coefficient (Wildman–Crippen LogP) is 2.62. The summed E-state index contributed by atoms with van der Waals surface area (Å²) in [7, 11) is 0. The first kappa shape index (κ1) is 13.8. The van der Waals surface area contributed by atoms with E-state index in [4.69, 9.17) is 10.9 Å². The molecule has 0 saturated heterocycles. The molecule has 0 aliphatic carbocycles. The molecule has 0 saturated carbocycles. The molecular formula is C12H19N3OS. The molecule has 0 bridgehead atoms. The zero-order chi connectivity index (χ0) is 13.0. The fourth-order valence-corrected chi connectivity index (χ4v) is 2.30. The Morgan fingerprint density at radius 3 is 2.59 bits per heavy atom. The maximum Gasteiger partial charge on any atom is 0.172 e. The third-order valence-corrected chi connectivity index (χ3v) is 4.07. The van der Waals surface area contributed by atoms with Crippen molar-refractivity contribution in [2.24, 2.45) is 16.8 Å². The van der Waals surface area contributed by atoms with Crippen LogP contribution in [-0.4, -0.2) is 21.3 Å². The first-order valence-electron chi connectivity index (χ1n) is 5.58. The average Bonchev–Trinajstić information content (AvgIpc) is 2.28. The summed E-state index contributed by atoms with van der Waals surface area (Å²) in [5, 5.41) is 13.0. The molecule has 1 atom stereocenters. The van der Waals surface area contributed by atoms with Gasteiger partial charge in [-0.05, 0) is 25.0 Å². The van der Waals surface area contributed by atoms with E-state index >= 15 is 0 Å². The highest BCUT2D eigenvalue weighted by Crippen LogP contribution is 2.29. The van der Waals surface area contributed by atoms with Crippen LogP contribution in [0.15, 0.2) is 22.3 Å². The van der Waals surface area contributed by atoms with Gasteiger partial charge in [0.15, 0.2) is 5.84 Å². The van der Waals surface area contributed by atoms with Crippen molar-refractivity contribution < 1.29 is 5.21 Å². The zero-order valence-electron chi connectivity index (χ0n) is 10.6. The van der Waals surface area contributed by atoms with Crippen LogP contribution in [0.5, 0.6) is 0 Å². The molecule has 3 N–H and O–H groups in total. The fourth-order valence-electron chi connectivity index (χ4n) is 1.18. The van der Waals surface area contributed by atoms with E-state index in [1.807, 2.05) is 19.1 Å². The summed E-state index contributed by atoms with van der Waals surface area (Å²) < 4.78 is 0. The van der Waals surface area contributed by atoms with Crippen molar-refractivity contribution in [1.29, 1.82) is 0 Å². The summed E-state index contributed by atoms with van der Waals surface area (Å²) in [5.41, 5.74) is 7.26. The zero-order valence-corrected chi connectivity index (χ0v) is 11.5. The van der Waals surface area contributed by atoms with Gasteiger partial charge in [0.1, 0.15) is 5.03 Å². The second kappa shape index (κ2) is 5.91. The lowest BCUT2D eigenvalue weighted by molar-refractivity contribution is 0.318. The minimum atomic E-state index is 0.107. The van der Waals surface area contributed by atoms with Crippen LogP contribution >= 0.6 is 11.8 Å². The smallest absolute Gasteiger partial charge is 0.172 e. The van der Waals surface area contributed by atoms with Crippen molar-refractivity contribution in [3.8, 4) is 0 Å². The van der Waals surface area contributed by atoms with Gasteiger partial charge in [0.2, 0.25) is 0 Å². The van der Waals surface area contributed by atoms with Crippen molar-refractivity contribution >= 4 is 17.6 Å². The quantitative estimate of drug-likeness (QED) is 0.284. The molecule has 1 heterocycles. The van der Waals surface area contributed by atoms with Gasteiger partial charge >= 0.3 is 0 Å². The van der Waals surface area contributed by atoms with Crippen molar-refractivity contribution in [3.63, 3.8) is 0 Å². The van der Waals surface area contributed by atoms with E-state index in [2.05, 4.69) is 30.9 Å². The highest BCUT2D eigenvalue weighted by Gasteiger charge is 2.15. The lowest BCUT2D eigenvalue weighted by Gasteiger charge is -2.16. The fraction of sp³-hybridized carbons (Fsp3) is 0.500. The Balaban J connectivity index is 3.07. The maximum absolute atomic E-state index is 8.75. The molecule has 1 aromatic rings. The normalized spacial score (nSPS) is 14.1. The Bertz CT molecular complexity index is 418. The van der Waals surface area contributed by atoms with Gasteiger partial charge in [-0.25, -0.2) is 4.98 Å². The summed E-state index contributed by atoms with van der Waals surface area (Å²) >= 11 is 1.65. The van der Waals surface area contributed by atoms with Gasteiger partial charge in [-0.1, -0.05) is 25.9 Å². The van der Waals surface area contributed by atoms with E-state index in [1.165, 1.54) is 0 Å². The first-order chi connectivity index (χ1) is 7.95. The van der Waals surface area contributed by atoms with Gasteiger partial charge in [-0.3, -0.25) is 0 Å². The molecular weight excluding hydrogens is 234 g/mol. The highest BCUT2D eigenvalue weighted by atomic mass is 32.2. The molecule has 4 nitrogen and oxygen atoms in total. The molecule has 17 heavy (non-hydrogen) atoms. The van der Waals surface area contributed by atoms with Crippen LogP contribution < -0.4 is 5.73 Å². The van der Waals surface area contributed by atoms with Gasteiger partial charge in [0.05, 0.1) is 5.56 Å². The van der Waals surface area contributed by atoms with Gasteiger partial charge in [-0.15, -0.1) is 11.8 Å². The van der Waals surface area contributed by atoms with Crippen LogP contribution in [0.4, 0.5) is 0 Å². The number of rotatable bonds is 4. The van der Waals surface area contributed by atoms with Gasteiger partial charge < -0.3 is 10.9 Å². The van der Waals surface area contributed by atoms with Crippen LogP contribution in [0.2, 0.25) is 0 Å². The molecule has 0 aliphatic heterocycles. The number of thioether (sulfide) groups is 1. The largest absolute Gasteiger partial charge is 0.409 e. The average molecular weight is 253 g/mol. The van der Waals surface area contributed by atoms with Gasteiger partial charge in [0.25, 0.3) is 0 Å². The number of oxime groups is 1. The molecule has 0 spiro atoms. The second-order valence-electron chi connectivity index (χ2n) is 4.36. The number of aromatic nitrogens is 1. The monoisotopic (exact) mass is 253 g/mol. The standard InChI is InChI=1S/C12H19N3OS/c1-7(2)9(4)17-12-10(11(13)15-16)6-5-8(3)14-12/h5-7,9,16H,1-4H3,(H2,13,15). The van der Waals surface area contributed by atoms with E-state index in [9.17, 15) is 0 Å². The van der Waals surface area contributed by atoms with Crippen LogP contribution in [-0.2, 0) is 0 Å². The van der Waals surface area contributed by atoms with Crippen LogP contribution in [0, 0.1) is 12.8 Å². The Hall–Kier alpha value is -1.23. The molecule has 0 amide bonds. The third-order valence-electron chi connectivity index (χ3n) is 2.62. The number of nitrogens with two attached hydrogens (primary N) is 1. The molecule has 1 unspecified atom stereocenters. The Labute approximate surface area is 106 Å². The highest BCUT2D eigenvalue weighted by molar-refractivity contribution is 7.99. The lowest BCUT2D eigenvalue weighted by atomic mass is 10.2. The van der Waals surface area contributed by atoms with Crippen molar-refractivity contribution in [2.45, 2.75) is 38.0 Å². The minimum absolute atomic E-state index is 0.107. The second-order valence-corrected chi connectivity index (χ2v) is 5.72. The number of hydrogen-bond donors (Lipinski definition) is 2. The minimum Gasteiger partial charge on any atom is -0.409 e. The van der Waals surface area contributed by atoms with Crippen molar-refractivity contribution in [2.75, 3.05) is 0 Å². The molecule has 94 valence electrons. The van der Waals surface area contributed by atoms with Crippen molar-refractivity contribution in [1.82, 2.24) is 4.98 Å². The Morgan fingerprint density at radius 1 is 1.41 bits per heavy atom. The molecule has 0 aliphatic rings. The predicted molar refractivity (Wildman–Crippen MR) is 71.6 cm³/mol. The van der Waals surface area contributed by atoms with Crippen LogP contribution in [0.1, 0.15) is 32.0 Å². The van der Waals surface area contributed by atoms with Gasteiger partial charge in [-0.2, -0.15) is 0 Å². The Morgan fingerprint density at radius 2 is 2.06 bits per heavy atom. The number of nitrogens with zero attached hydrogens (tertiary/aromatic N) is 2. The van der Waals surface area contributed by atoms with Crippen LogP contribution in [0.25, 0.3) is 0 Å². The SMILES string of the molecule is Cc1ccc(/C(N)=N/O)c(SC(C)C(C)C)n1. The number of aryl methyl sites for hydroxylation is 1. The van der Waals surface area contributed by atoms with Crippen molar-refractivity contribution in [3.05, 3.63) is 23.4 Å². The number of amidine groups is 1. The molecule has 0 aromatic carbocycles. The molecule has 1 aromatic heterocycles. The first-order valence-corrected chi connectivity index (χ1v) is 6.46. The molecule has 1 rings (SSSR count). The summed E-state index contributed by atoms with van der Waals surface area (Å²) in [5.74, 6) is 0.651. The van der Waals surface area contributed by atoms with Gasteiger partial charge in [0, 0.05) is 10.9 Å². The van der Waals surface area contributed by atoms with E-state index in [0.717, 1.165) is 10.7 Å². The number of hydrogen-bond acceptors (Lipinski definition) is 4. The van der Waals surface area contributed by atoms with E-state index in [-0.39, 0.29) is 5.84 Å². The van der Waals surface area contributed by atoms with Crippen LogP contribution in [0.3, 0.4) is 0 Å². The lowest BCUT2D eigenvalue weighted by Crippen LogP contribution is -2.16. The van der Waals surface area contributed by atoms with E-state index in [1.54, 1.807) is 11.8 Å². The summed E-state index contributed by atoms with van der Waals surface area (Å²) in [6.45, 7) is 8.41. The maximum atomic E-state index is 8.75. The topological polar surface area (TPSA) is 71.5 Å².